The van der Waals surface area contributed by atoms with E-state index in [1.165, 1.54) is 18.2 Å². The number of hydrogen-bond acceptors (Lipinski definition) is 3. The number of halogens is 1. The first kappa shape index (κ1) is 15.1. The Kier molecular flexibility index (Phi) is 4.64. The van der Waals surface area contributed by atoms with E-state index in [4.69, 9.17) is 16.7 Å². The summed E-state index contributed by atoms with van der Waals surface area (Å²) in [7, 11) is 0. The molecule has 21 heavy (non-hydrogen) atoms. The molecular formula is C13H14ClN3O4. The first-order chi connectivity index (χ1) is 9.95. The summed E-state index contributed by atoms with van der Waals surface area (Å²) >= 11 is 5.82. The van der Waals surface area contributed by atoms with E-state index in [0.717, 1.165) is 0 Å². The van der Waals surface area contributed by atoms with Crippen LogP contribution in [0.15, 0.2) is 18.2 Å². The number of amides is 3. The van der Waals surface area contributed by atoms with Crippen LogP contribution in [0.1, 0.15) is 23.2 Å². The van der Waals surface area contributed by atoms with Gasteiger partial charge in [-0.25, -0.2) is 9.59 Å². The zero-order valence-electron chi connectivity index (χ0n) is 11.0. The summed E-state index contributed by atoms with van der Waals surface area (Å²) in [5.41, 5.74) is 0.361. The van der Waals surface area contributed by atoms with Crippen LogP contribution in [0.3, 0.4) is 0 Å². The maximum atomic E-state index is 11.8. The van der Waals surface area contributed by atoms with Crippen LogP contribution < -0.4 is 16.0 Å². The minimum absolute atomic E-state index is 0.0236. The topological polar surface area (TPSA) is 108 Å². The lowest BCUT2D eigenvalue weighted by atomic mass is 10.1. The van der Waals surface area contributed by atoms with Crippen molar-refractivity contribution in [3.8, 4) is 0 Å². The van der Waals surface area contributed by atoms with Gasteiger partial charge in [-0.15, -0.1) is 0 Å². The normalized spacial score (nSPS) is 17.8. The summed E-state index contributed by atoms with van der Waals surface area (Å²) in [6.45, 7) is 0.394. The van der Waals surface area contributed by atoms with E-state index >= 15 is 0 Å². The fourth-order valence-corrected chi connectivity index (χ4v) is 2.24. The van der Waals surface area contributed by atoms with Crippen molar-refractivity contribution in [1.82, 2.24) is 10.6 Å². The van der Waals surface area contributed by atoms with Crippen LogP contribution in [0.5, 0.6) is 0 Å². The monoisotopic (exact) mass is 311 g/mol. The third-order valence-electron chi connectivity index (χ3n) is 3.06. The number of hydrogen-bond donors (Lipinski definition) is 4. The number of carbonyl (C=O) groups excluding carboxylic acids is 2. The Hall–Kier alpha value is -2.28. The van der Waals surface area contributed by atoms with Crippen molar-refractivity contribution in [2.45, 2.75) is 18.9 Å². The zero-order valence-corrected chi connectivity index (χ0v) is 11.7. The highest BCUT2D eigenvalue weighted by atomic mass is 35.5. The number of rotatable bonds is 3. The van der Waals surface area contributed by atoms with E-state index in [0.29, 0.717) is 25.1 Å². The summed E-state index contributed by atoms with van der Waals surface area (Å²) in [4.78, 5) is 33.6. The molecule has 1 aromatic carbocycles. The van der Waals surface area contributed by atoms with Crippen LogP contribution in [-0.4, -0.2) is 35.6 Å². The number of benzene rings is 1. The van der Waals surface area contributed by atoms with Crippen LogP contribution in [0.25, 0.3) is 0 Å². The van der Waals surface area contributed by atoms with E-state index in [1.54, 1.807) is 0 Å². The summed E-state index contributed by atoms with van der Waals surface area (Å²) in [5.74, 6) is -1.15. The molecule has 1 aliphatic heterocycles. The van der Waals surface area contributed by atoms with Gasteiger partial charge in [0, 0.05) is 24.7 Å². The standard InChI is InChI=1S/C13H14ClN3O4/c14-10-5-7(1-3-9(10)12(19)20)16-13(21)17-8-2-4-11(18)15-6-8/h1,3,5,8H,2,4,6H2,(H,15,18)(H,19,20)(H2,16,17,21). The predicted octanol–water partition coefficient (Wildman–Crippen LogP) is 1.44. The summed E-state index contributed by atoms with van der Waals surface area (Å²) in [6, 6.07) is 3.58. The summed E-state index contributed by atoms with van der Waals surface area (Å²) in [5, 5.41) is 16.9. The van der Waals surface area contributed by atoms with Gasteiger partial charge in [0.15, 0.2) is 0 Å². The van der Waals surface area contributed by atoms with Crippen molar-refractivity contribution < 1.29 is 19.5 Å². The van der Waals surface area contributed by atoms with Gasteiger partial charge in [0.05, 0.1) is 10.6 Å². The molecule has 0 bridgehead atoms. The van der Waals surface area contributed by atoms with Gasteiger partial charge in [-0.2, -0.15) is 0 Å². The van der Waals surface area contributed by atoms with Gasteiger partial charge in [0.2, 0.25) is 5.91 Å². The maximum Gasteiger partial charge on any atom is 0.337 e. The quantitative estimate of drug-likeness (QED) is 0.677. The van der Waals surface area contributed by atoms with Crippen molar-refractivity contribution in [2.24, 2.45) is 0 Å². The Bertz CT molecular complexity index is 581. The molecular weight excluding hydrogens is 298 g/mol. The van der Waals surface area contributed by atoms with E-state index in [1.807, 2.05) is 0 Å². The molecule has 112 valence electrons. The van der Waals surface area contributed by atoms with Gasteiger partial charge in [0.1, 0.15) is 0 Å². The molecule has 0 radical (unpaired) electrons. The van der Waals surface area contributed by atoms with Crippen LogP contribution in [0, 0.1) is 0 Å². The fraction of sp³-hybridized carbons (Fsp3) is 0.308. The van der Waals surface area contributed by atoms with E-state index in [9.17, 15) is 14.4 Å². The number of carboxylic acid groups (broad SMARTS) is 1. The van der Waals surface area contributed by atoms with Crippen LogP contribution in [0.4, 0.5) is 10.5 Å². The molecule has 0 spiro atoms. The molecule has 0 aromatic heterocycles. The largest absolute Gasteiger partial charge is 0.478 e. The lowest BCUT2D eigenvalue weighted by Gasteiger charge is -2.23. The third-order valence-corrected chi connectivity index (χ3v) is 3.37. The van der Waals surface area contributed by atoms with Gasteiger partial charge in [-0.1, -0.05) is 11.6 Å². The number of carbonyl (C=O) groups is 3. The number of piperidine rings is 1. The predicted molar refractivity (Wildman–Crippen MR) is 76.6 cm³/mol. The second-order valence-corrected chi connectivity index (χ2v) is 5.05. The Morgan fingerprint density at radius 2 is 2.14 bits per heavy atom. The third kappa shape index (κ3) is 4.09. The lowest BCUT2D eigenvalue weighted by Crippen LogP contribution is -2.48. The van der Waals surface area contributed by atoms with Gasteiger partial charge in [0.25, 0.3) is 0 Å². The number of urea groups is 1. The van der Waals surface area contributed by atoms with Crippen LogP contribution in [0.2, 0.25) is 5.02 Å². The van der Waals surface area contributed by atoms with Crippen molar-refractivity contribution in [2.75, 3.05) is 11.9 Å². The lowest BCUT2D eigenvalue weighted by molar-refractivity contribution is -0.122. The van der Waals surface area contributed by atoms with Crippen LogP contribution >= 0.6 is 11.6 Å². The molecule has 3 amide bonds. The summed E-state index contributed by atoms with van der Waals surface area (Å²) < 4.78 is 0. The molecule has 4 N–H and O–H groups in total. The van der Waals surface area contributed by atoms with E-state index in [-0.39, 0.29) is 22.5 Å². The molecule has 1 aromatic rings. The molecule has 7 nitrogen and oxygen atoms in total. The first-order valence-corrected chi connectivity index (χ1v) is 6.70. The minimum Gasteiger partial charge on any atom is -0.478 e. The molecule has 1 heterocycles. The van der Waals surface area contributed by atoms with Crippen LogP contribution in [-0.2, 0) is 4.79 Å². The second kappa shape index (κ2) is 6.45. The molecule has 1 saturated heterocycles. The smallest absolute Gasteiger partial charge is 0.337 e. The molecule has 1 fully saturated rings. The number of carboxylic acids is 1. The van der Waals surface area contributed by atoms with Gasteiger partial charge >= 0.3 is 12.0 Å². The van der Waals surface area contributed by atoms with Gasteiger partial charge < -0.3 is 21.1 Å². The Morgan fingerprint density at radius 1 is 1.38 bits per heavy atom. The Labute approximate surface area is 125 Å². The van der Waals surface area contributed by atoms with Crippen molar-refractivity contribution >= 4 is 35.2 Å². The number of nitrogens with one attached hydrogen (secondary N) is 3. The van der Waals surface area contributed by atoms with E-state index in [2.05, 4.69) is 16.0 Å². The molecule has 2 rings (SSSR count). The minimum atomic E-state index is -1.13. The summed E-state index contributed by atoms with van der Waals surface area (Å²) in [6.07, 6.45) is 0.960. The average Bonchev–Trinajstić information content (AvgIpc) is 2.41. The Balaban J connectivity index is 1.92. The fourth-order valence-electron chi connectivity index (χ4n) is 1.97. The number of anilines is 1. The molecule has 1 unspecified atom stereocenters. The second-order valence-electron chi connectivity index (χ2n) is 4.64. The van der Waals surface area contributed by atoms with E-state index < -0.39 is 12.0 Å². The molecule has 8 heteroatoms. The highest BCUT2D eigenvalue weighted by molar-refractivity contribution is 6.33. The highest BCUT2D eigenvalue weighted by Gasteiger charge is 2.19. The molecule has 0 saturated carbocycles. The van der Waals surface area contributed by atoms with Crippen molar-refractivity contribution in [3.05, 3.63) is 28.8 Å². The SMILES string of the molecule is O=C1CCC(NC(=O)Nc2ccc(C(=O)O)c(Cl)c2)CN1. The van der Waals surface area contributed by atoms with Gasteiger partial charge in [-0.05, 0) is 24.6 Å². The maximum absolute atomic E-state index is 11.8. The zero-order chi connectivity index (χ0) is 15.4. The highest BCUT2D eigenvalue weighted by Crippen LogP contribution is 2.21. The van der Waals surface area contributed by atoms with Gasteiger partial charge in [-0.3, -0.25) is 4.79 Å². The average molecular weight is 312 g/mol. The molecule has 1 aliphatic rings. The molecule has 1 atom stereocenters. The molecule has 0 aliphatic carbocycles. The number of aromatic carboxylic acids is 1. The Morgan fingerprint density at radius 3 is 2.71 bits per heavy atom. The van der Waals surface area contributed by atoms with Crippen molar-refractivity contribution in [1.29, 1.82) is 0 Å². The first-order valence-electron chi connectivity index (χ1n) is 6.33. The van der Waals surface area contributed by atoms with Crippen molar-refractivity contribution in [3.63, 3.8) is 0 Å².